The molecule has 0 aliphatic rings. The lowest BCUT2D eigenvalue weighted by molar-refractivity contribution is -0.118. The maximum atomic E-state index is 12.0. The number of halogens is 1. The number of benzene rings is 3. The largest absolute Gasteiger partial charge is 0.489 e. The Morgan fingerprint density at radius 3 is 2.38 bits per heavy atom. The molecule has 0 heterocycles. The molecule has 26 heavy (non-hydrogen) atoms. The monoisotopic (exact) mass is 367 g/mol. The molecule has 0 atom stereocenters. The first-order chi connectivity index (χ1) is 12.7. The molecule has 3 rings (SSSR count). The van der Waals surface area contributed by atoms with Crippen molar-refractivity contribution < 1.29 is 14.3 Å². The first kappa shape index (κ1) is 17.8. The third kappa shape index (κ3) is 5.53. The van der Waals surface area contributed by atoms with Crippen molar-refractivity contribution in [2.24, 2.45) is 0 Å². The highest BCUT2D eigenvalue weighted by molar-refractivity contribution is 6.30. The Kier molecular flexibility index (Phi) is 6.12. The fourth-order valence-corrected chi connectivity index (χ4v) is 2.41. The number of nitrogens with one attached hydrogen (secondary N) is 1. The summed E-state index contributed by atoms with van der Waals surface area (Å²) in [6.45, 7) is 0.384. The minimum Gasteiger partial charge on any atom is -0.489 e. The number of ether oxygens (including phenoxy) is 2. The average molecular weight is 368 g/mol. The van der Waals surface area contributed by atoms with E-state index in [4.69, 9.17) is 21.1 Å². The van der Waals surface area contributed by atoms with E-state index in [1.54, 1.807) is 36.4 Å². The zero-order valence-electron chi connectivity index (χ0n) is 14.0. The Bertz CT molecular complexity index is 851. The Morgan fingerprint density at radius 1 is 0.846 bits per heavy atom. The normalized spacial score (nSPS) is 10.2. The molecule has 1 N–H and O–H groups in total. The van der Waals surface area contributed by atoms with E-state index in [0.717, 1.165) is 5.56 Å². The van der Waals surface area contributed by atoms with Gasteiger partial charge in [0.15, 0.2) is 6.61 Å². The summed E-state index contributed by atoms with van der Waals surface area (Å²) in [6.07, 6.45) is 0. The third-order valence-corrected chi connectivity index (χ3v) is 3.80. The highest BCUT2D eigenvalue weighted by atomic mass is 35.5. The Morgan fingerprint density at radius 2 is 1.62 bits per heavy atom. The number of anilines is 1. The predicted octanol–water partition coefficient (Wildman–Crippen LogP) is 4.94. The van der Waals surface area contributed by atoms with Gasteiger partial charge in [-0.3, -0.25) is 4.79 Å². The van der Waals surface area contributed by atoms with Gasteiger partial charge in [-0.15, -0.1) is 0 Å². The summed E-state index contributed by atoms with van der Waals surface area (Å²) in [5.41, 5.74) is 1.73. The Labute approximate surface area is 157 Å². The molecule has 0 unspecified atom stereocenters. The molecular formula is C21H18ClNO3. The number of carbonyl (C=O) groups is 1. The predicted molar refractivity (Wildman–Crippen MR) is 103 cm³/mol. The molecule has 0 aromatic heterocycles. The molecule has 0 aliphatic carbocycles. The summed E-state index contributed by atoms with van der Waals surface area (Å²) < 4.78 is 11.2. The van der Waals surface area contributed by atoms with Crippen LogP contribution >= 0.6 is 11.6 Å². The maximum Gasteiger partial charge on any atom is 0.262 e. The van der Waals surface area contributed by atoms with Crippen LogP contribution in [0.3, 0.4) is 0 Å². The molecule has 0 radical (unpaired) electrons. The lowest BCUT2D eigenvalue weighted by atomic mass is 10.2. The summed E-state index contributed by atoms with van der Waals surface area (Å²) >= 11 is 5.81. The summed E-state index contributed by atoms with van der Waals surface area (Å²) in [6, 6.07) is 24.0. The molecule has 0 saturated carbocycles. The van der Waals surface area contributed by atoms with Gasteiger partial charge in [0.05, 0.1) is 0 Å². The van der Waals surface area contributed by atoms with Crippen LogP contribution < -0.4 is 14.8 Å². The zero-order chi connectivity index (χ0) is 18.2. The quantitative estimate of drug-likeness (QED) is 0.643. The van der Waals surface area contributed by atoms with Crippen LogP contribution in [0, 0.1) is 0 Å². The van der Waals surface area contributed by atoms with Crippen LogP contribution in [0.25, 0.3) is 0 Å². The topological polar surface area (TPSA) is 47.6 Å². The molecule has 3 aromatic rings. The van der Waals surface area contributed by atoms with Crippen molar-refractivity contribution in [3.63, 3.8) is 0 Å². The van der Waals surface area contributed by atoms with E-state index in [-0.39, 0.29) is 12.5 Å². The van der Waals surface area contributed by atoms with Gasteiger partial charge < -0.3 is 14.8 Å². The van der Waals surface area contributed by atoms with Crippen LogP contribution in [0.5, 0.6) is 11.5 Å². The standard InChI is InChI=1S/C21H18ClNO3/c22-17-9-11-19(12-10-17)26-15-21(24)23-18-7-4-8-20(13-18)25-14-16-5-2-1-3-6-16/h1-13H,14-15H2,(H,23,24). The summed E-state index contributed by atoms with van der Waals surface area (Å²) in [5, 5.41) is 3.41. The number of carbonyl (C=O) groups excluding carboxylic acids is 1. The van der Waals surface area contributed by atoms with Crippen LogP contribution in [-0.4, -0.2) is 12.5 Å². The van der Waals surface area contributed by atoms with Gasteiger partial charge >= 0.3 is 0 Å². The molecule has 0 aliphatic heterocycles. The molecule has 0 spiro atoms. The molecule has 0 bridgehead atoms. The van der Waals surface area contributed by atoms with Gasteiger partial charge in [-0.05, 0) is 42.0 Å². The van der Waals surface area contributed by atoms with Gasteiger partial charge in [0.25, 0.3) is 5.91 Å². The lowest BCUT2D eigenvalue weighted by Crippen LogP contribution is -2.20. The van der Waals surface area contributed by atoms with E-state index in [9.17, 15) is 4.79 Å². The molecule has 132 valence electrons. The van der Waals surface area contributed by atoms with E-state index < -0.39 is 0 Å². The van der Waals surface area contributed by atoms with E-state index in [2.05, 4.69) is 5.32 Å². The van der Waals surface area contributed by atoms with Gasteiger partial charge in [-0.1, -0.05) is 48.0 Å². The van der Waals surface area contributed by atoms with Gasteiger partial charge in [0.2, 0.25) is 0 Å². The fraction of sp³-hybridized carbons (Fsp3) is 0.0952. The minimum absolute atomic E-state index is 0.0866. The highest BCUT2D eigenvalue weighted by Crippen LogP contribution is 2.19. The van der Waals surface area contributed by atoms with Gasteiger partial charge in [0.1, 0.15) is 18.1 Å². The van der Waals surface area contributed by atoms with Crippen molar-refractivity contribution in [2.75, 3.05) is 11.9 Å². The second kappa shape index (κ2) is 8.92. The molecular weight excluding hydrogens is 350 g/mol. The number of hydrogen-bond acceptors (Lipinski definition) is 3. The number of rotatable bonds is 7. The highest BCUT2D eigenvalue weighted by Gasteiger charge is 2.05. The van der Waals surface area contributed by atoms with Crippen LogP contribution in [0.2, 0.25) is 5.02 Å². The number of amides is 1. The first-order valence-electron chi connectivity index (χ1n) is 8.14. The van der Waals surface area contributed by atoms with Gasteiger partial charge in [0, 0.05) is 16.8 Å². The third-order valence-electron chi connectivity index (χ3n) is 3.55. The summed E-state index contributed by atoms with van der Waals surface area (Å²) in [5.74, 6) is 1.02. The van der Waals surface area contributed by atoms with Crippen molar-refractivity contribution in [2.45, 2.75) is 6.61 Å². The summed E-state index contributed by atoms with van der Waals surface area (Å²) in [7, 11) is 0. The average Bonchev–Trinajstić information content (AvgIpc) is 2.67. The van der Waals surface area contributed by atoms with E-state index in [0.29, 0.717) is 28.8 Å². The minimum atomic E-state index is -0.250. The van der Waals surface area contributed by atoms with Crippen molar-refractivity contribution in [1.29, 1.82) is 0 Å². The van der Waals surface area contributed by atoms with Gasteiger partial charge in [-0.25, -0.2) is 0 Å². The second-order valence-corrected chi connectivity index (χ2v) is 6.03. The number of hydrogen-bond donors (Lipinski definition) is 1. The van der Waals surface area contributed by atoms with Crippen molar-refractivity contribution in [1.82, 2.24) is 0 Å². The smallest absolute Gasteiger partial charge is 0.262 e. The van der Waals surface area contributed by atoms with E-state index in [1.165, 1.54) is 0 Å². The van der Waals surface area contributed by atoms with E-state index >= 15 is 0 Å². The van der Waals surface area contributed by atoms with Crippen LogP contribution in [-0.2, 0) is 11.4 Å². The Hall–Kier alpha value is -2.98. The fourth-order valence-electron chi connectivity index (χ4n) is 2.28. The first-order valence-corrected chi connectivity index (χ1v) is 8.52. The van der Waals surface area contributed by atoms with Crippen molar-refractivity contribution in [3.05, 3.63) is 89.4 Å². The Balaban J connectivity index is 1.51. The van der Waals surface area contributed by atoms with Crippen LogP contribution in [0.15, 0.2) is 78.9 Å². The van der Waals surface area contributed by atoms with Crippen molar-refractivity contribution in [3.8, 4) is 11.5 Å². The molecule has 0 fully saturated rings. The molecule has 0 saturated heterocycles. The molecule has 4 nitrogen and oxygen atoms in total. The summed E-state index contributed by atoms with van der Waals surface area (Å²) in [4.78, 5) is 12.0. The maximum absolute atomic E-state index is 12.0. The molecule has 1 amide bonds. The molecule has 3 aromatic carbocycles. The lowest BCUT2D eigenvalue weighted by Gasteiger charge is -2.10. The van der Waals surface area contributed by atoms with E-state index in [1.807, 2.05) is 42.5 Å². The molecule has 5 heteroatoms. The zero-order valence-corrected chi connectivity index (χ0v) is 14.8. The van der Waals surface area contributed by atoms with Crippen LogP contribution in [0.4, 0.5) is 5.69 Å². The SMILES string of the molecule is O=C(COc1ccc(Cl)cc1)Nc1cccc(OCc2ccccc2)c1. The van der Waals surface area contributed by atoms with Crippen molar-refractivity contribution >= 4 is 23.2 Å². The van der Waals surface area contributed by atoms with Crippen LogP contribution in [0.1, 0.15) is 5.56 Å². The van der Waals surface area contributed by atoms with Gasteiger partial charge in [-0.2, -0.15) is 0 Å². The second-order valence-electron chi connectivity index (χ2n) is 5.59.